The molecule has 0 saturated heterocycles. The molecule has 0 heterocycles. The SMILES string of the molecule is CC(Nc1ccc(S(N)(=O)=O)cc1)c1ccc(C#N)cc1. The molecule has 21 heavy (non-hydrogen) atoms. The Balaban J connectivity index is 2.12. The zero-order valence-electron chi connectivity index (χ0n) is 11.4. The highest BCUT2D eigenvalue weighted by molar-refractivity contribution is 7.89. The first kappa shape index (κ1) is 15.0. The predicted octanol–water partition coefficient (Wildman–Crippen LogP) is 2.38. The van der Waals surface area contributed by atoms with Crippen LogP contribution >= 0.6 is 0 Å². The van der Waals surface area contributed by atoms with Crippen LogP contribution < -0.4 is 10.5 Å². The van der Waals surface area contributed by atoms with Gasteiger partial charge < -0.3 is 5.32 Å². The molecule has 0 saturated carbocycles. The number of sulfonamides is 1. The van der Waals surface area contributed by atoms with Crippen LogP contribution in [0.4, 0.5) is 5.69 Å². The van der Waals surface area contributed by atoms with Gasteiger partial charge in [0.25, 0.3) is 0 Å². The minimum absolute atomic E-state index is 0.0260. The molecule has 0 amide bonds. The molecular weight excluding hydrogens is 286 g/mol. The van der Waals surface area contributed by atoms with Crippen molar-refractivity contribution in [3.8, 4) is 6.07 Å². The minimum atomic E-state index is -3.67. The average Bonchev–Trinajstić information content (AvgIpc) is 2.47. The van der Waals surface area contributed by atoms with Gasteiger partial charge in [-0.05, 0) is 48.9 Å². The molecule has 0 bridgehead atoms. The molecule has 2 aromatic carbocycles. The maximum absolute atomic E-state index is 11.2. The average molecular weight is 301 g/mol. The molecule has 1 unspecified atom stereocenters. The maximum Gasteiger partial charge on any atom is 0.238 e. The number of hydrogen-bond donors (Lipinski definition) is 2. The Morgan fingerprint density at radius 2 is 1.67 bits per heavy atom. The van der Waals surface area contributed by atoms with Crippen molar-refractivity contribution in [2.24, 2.45) is 5.14 Å². The number of rotatable bonds is 4. The van der Waals surface area contributed by atoms with E-state index >= 15 is 0 Å². The lowest BCUT2D eigenvalue weighted by atomic mass is 10.1. The van der Waals surface area contributed by atoms with Crippen LogP contribution in [0.2, 0.25) is 0 Å². The summed E-state index contributed by atoms with van der Waals surface area (Å²) in [6.07, 6.45) is 0. The van der Waals surface area contributed by atoms with E-state index in [4.69, 9.17) is 10.4 Å². The van der Waals surface area contributed by atoms with Crippen LogP contribution in [0.5, 0.6) is 0 Å². The summed E-state index contributed by atoms with van der Waals surface area (Å²) in [5.74, 6) is 0. The Morgan fingerprint density at radius 1 is 1.10 bits per heavy atom. The Bertz CT molecular complexity index is 760. The number of hydrogen-bond acceptors (Lipinski definition) is 4. The van der Waals surface area contributed by atoms with E-state index in [0.717, 1.165) is 11.3 Å². The fraction of sp³-hybridized carbons (Fsp3) is 0.133. The van der Waals surface area contributed by atoms with Crippen LogP contribution in [-0.2, 0) is 10.0 Å². The molecule has 3 N–H and O–H groups in total. The molecule has 0 aliphatic carbocycles. The summed E-state index contributed by atoms with van der Waals surface area (Å²) < 4.78 is 22.4. The lowest BCUT2D eigenvalue weighted by molar-refractivity contribution is 0.598. The van der Waals surface area contributed by atoms with E-state index in [2.05, 4.69) is 11.4 Å². The van der Waals surface area contributed by atoms with Gasteiger partial charge in [0.2, 0.25) is 10.0 Å². The van der Waals surface area contributed by atoms with Crippen molar-refractivity contribution in [1.82, 2.24) is 0 Å². The van der Waals surface area contributed by atoms with E-state index in [0.29, 0.717) is 5.56 Å². The van der Waals surface area contributed by atoms with Crippen molar-refractivity contribution in [2.45, 2.75) is 17.9 Å². The van der Waals surface area contributed by atoms with Crippen molar-refractivity contribution < 1.29 is 8.42 Å². The normalized spacial score (nSPS) is 12.4. The highest BCUT2D eigenvalue weighted by Crippen LogP contribution is 2.20. The molecule has 2 rings (SSSR count). The van der Waals surface area contributed by atoms with E-state index in [-0.39, 0.29) is 10.9 Å². The van der Waals surface area contributed by atoms with Gasteiger partial charge >= 0.3 is 0 Å². The van der Waals surface area contributed by atoms with E-state index in [1.165, 1.54) is 12.1 Å². The van der Waals surface area contributed by atoms with Crippen LogP contribution in [0.15, 0.2) is 53.4 Å². The van der Waals surface area contributed by atoms with Gasteiger partial charge in [-0.15, -0.1) is 0 Å². The van der Waals surface area contributed by atoms with Crippen molar-refractivity contribution in [3.63, 3.8) is 0 Å². The number of nitriles is 1. The Hall–Kier alpha value is -2.36. The van der Waals surface area contributed by atoms with Crippen LogP contribution in [-0.4, -0.2) is 8.42 Å². The Labute approximate surface area is 124 Å². The largest absolute Gasteiger partial charge is 0.379 e. The van der Waals surface area contributed by atoms with E-state index < -0.39 is 10.0 Å². The first-order chi connectivity index (χ1) is 9.90. The first-order valence-electron chi connectivity index (χ1n) is 6.29. The molecule has 0 spiro atoms. The summed E-state index contributed by atoms with van der Waals surface area (Å²) in [7, 11) is -3.67. The number of nitrogens with one attached hydrogen (secondary N) is 1. The number of nitrogens with two attached hydrogens (primary N) is 1. The lowest BCUT2D eigenvalue weighted by Crippen LogP contribution is -2.12. The number of benzene rings is 2. The Morgan fingerprint density at radius 3 is 2.14 bits per heavy atom. The summed E-state index contributed by atoms with van der Waals surface area (Å²) in [6, 6.07) is 15.6. The number of nitrogens with zero attached hydrogens (tertiary/aromatic N) is 1. The molecule has 0 aliphatic rings. The highest BCUT2D eigenvalue weighted by Gasteiger charge is 2.09. The second-order valence-electron chi connectivity index (χ2n) is 4.67. The Kier molecular flexibility index (Phi) is 4.26. The van der Waals surface area contributed by atoms with E-state index in [1.807, 2.05) is 19.1 Å². The first-order valence-corrected chi connectivity index (χ1v) is 7.84. The van der Waals surface area contributed by atoms with Gasteiger partial charge in [-0.3, -0.25) is 0 Å². The monoisotopic (exact) mass is 301 g/mol. The molecule has 0 aliphatic heterocycles. The molecule has 6 heteroatoms. The number of primary sulfonamides is 1. The fourth-order valence-electron chi connectivity index (χ4n) is 1.92. The van der Waals surface area contributed by atoms with Crippen LogP contribution in [0.3, 0.4) is 0 Å². The molecule has 0 fully saturated rings. The van der Waals surface area contributed by atoms with Crippen molar-refractivity contribution in [2.75, 3.05) is 5.32 Å². The second kappa shape index (κ2) is 5.95. The van der Waals surface area contributed by atoms with Crippen LogP contribution in [0.1, 0.15) is 24.1 Å². The van der Waals surface area contributed by atoms with Gasteiger partial charge in [-0.1, -0.05) is 12.1 Å². The van der Waals surface area contributed by atoms with Gasteiger partial charge in [0.1, 0.15) is 0 Å². The predicted molar refractivity (Wildman–Crippen MR) is 81.0 cm³/mol. The molecule has 0 aromatic heterocycles. The highest BCUT2D eigenvalue weighted by atomic mass is 32.2. The summed E-state index contributed by atoms with van der Waals surface area (Å²) in [5, 5.41) is 17.1. The summed E-state index contributed by atoms with van der Waals surface area (Å²) in [5.41, 5.74) is 2.44. The smallest absolute Gasteiger partial charge is 0.238 e. The fourth-order valence-corrected chi connectivity index (χ4v) is 2.44. The van der Waals surface area contributed by atoms with Crippen LogP contribution in [0.25, 0.3) is 0 Å². The molecule has 2 aromatic rings. The van der Waals surface area contributed by atoms with Crippen molar-refractivity contribution in [3.05, 3.63) is 59.7 Å². The summed E-state index contributed by atoms with van der Waals surface area (Å²) >= 11 is 0. The van der Waals surface area contributed by atoms with Crippen LogP contribution in [0, 0.1) is 11.3 Å². The van der Waals surface area contributed by atoms with Gasteiger partial charge in [0.15, 0.2) is 0 Å². The van der Waals surface area contributed by atoms with E-state index in [9.17, 15) is 8.42 Å². The maximum atomic E-state index is 11.2. The van der Waals surface area contributed by atoms with Gasteiger partial charge in [0, 0.05) is 11.7 Å². The third-order valence-corrected chi connectivity index (χ3v) is 4.04. The van der Waals surface area contributed by atoms with Gasteiger partial charge in [-0.2, -0.15) is 5.26 Å². The summed E-state index contributed by atoms with van der Waals surface area (Å²) in [6.45, 7) is 1.98. The molecule has 108 valence electrons. The minimum Gasteiger partial charge on any atom is -0.379 e. The molecule has 0 radical (unpaired) electrons. The zero-order valence-corrected chi connectivity index (χ0v) is 12.3. The van der Waals surface area contributed by atoms with Gasteiger partial charge in [0.05, 0.1) is 16.5 Å². The zero-order chi connectivity index (χ0) is 15.5. The summed E-state index contributed by atoms with van der Waals surface area (Å²) in [4.78, 5) is 0.0825. The van der Waals surface area contributed by atoms with E-state index in [1.54, 1.807) is 24.3 Å². The van der Waals surface area contributed by atoms with Crippen molar-refractivity contribution >= 4 is 15.7 Å². The lowest BCUT2D eigenvalue weighted by Gasteiger charge is -2.16. The third-order valence-electron chi connectivity index (χ3n) is 3.11. The standard InChI is InChI=1S/C15H15N3O2S/c1-11(13-4-2-12(10-16)3-5-13)18-14-6-8-15(9-7-14)21(17,19)20/h2-9,11,18H,1H3,(H2,17,19,20). The van der Waals surface area contributed by atoms with Gasteiger partial charge in [-0.25, -0.2) is 13.6 Å². The third kappa shape index (κ3) is 3.81. The molecule has 1 atom stereocenters. The topological polar surface area (TPSA) is 96.0 Å². The van der Waals surface area contributed by atoms with Crippen molar-refractivity contribution in [1.29, 1.82) is 5.26 Å². The molecule has 5 nitrogen and oxygen atoms in total. The second-order valence-corrected chi connectivity index (χ2v) is 6.23. The number of anilines is 1. The molecular formula is C15H15N3O2S. The quantitative estimate of drug-likeness (QED) is 0.906.